The average molecular weight is 248 g/mol. The summed E-state index contributed by atoms with van der Waals surface area (Å²) in [4.78, 5) is 20.8. The van der Waals surface area contributed by atoms with Crippen LogP contribution in [0.15, 0.2) is 18.2 Å². The van der Waals surface area contributed by atoms with Crippen molar-refractivity contribution in [3.05, 3.63) is 39.4 Å². The number of carbonyl (C=O) groups excluding carboxylic acids is 1. The second kappa shape index (κ2) is 6.37. The molecule has 1 aromatic carbocycles. The lowest BCUT2D eigenvalue weighted by Gasteiger charge is -1.99. The molecule has 0 saturated heterocycles. The van der Waals surface area contributed by atoms with Crippen molar-refractivity contribution >= 4 is 11.6 Å². The van der Waals surface area contributed by atoms with Crippen molar-refractivity contribution in [1.29, 1.82) is 0 Å². The minimum atomic E-state index is -0.565. The van der Waals surface area contributed by atoms with Gasteiger partial charge in [-0.15, -0.1) is 0 Å². The maximum Gasteiger partial charge on any atom is 0.276 e. The van der Waals surface area contributed by atoms with Gasteiger partial charge in [-0.25, -0.2) is 0 Å². The summed E-state index contributed by atoms with van der Waals surface area (Å²) < 4.78 is 0. The van der Waals surface area contributed by atoms with Gasteiger partial charge in [0, 0.05) is 18.6 Å². The Morgan fingerprint density at radius 1 is 1.56 bits per heavy atom. The van der Waals surface area contributed by atoms with E-state index in [2.05, 4.69) is 17.2 Å². The molecule has 1 rings (SSSR count). The van der Waals surface area contributed by atoms with Crippen LogP contribution in [0.2, 0.25) is 0 Å². The smallest absolute Gasteiger partial charge is 0.276 e. The van der Waals surface area contributed by atoms with Crippen LogP contribution in [0, 0.1) is 22.0 Å². The van der Waals surface area contributed by atoms with E-state index in [0.29, 0.717) is 5.56 Å². The van der Waals surface area contributed by atoms with Crippen LogP contribution in [-0.2, 0) is 11.4 Å². The van der Waals surface area contributed by atoms with Gasteiger partial charge >= 0.3 is 0 Å². The van der Waals surface area contributed by atoms with Crippen LogP contribution in [0.1, 0.15) is 18.1 Å². The highest BCUT2D eigenvalue weighted by molar-refractivity contribution is 5.73. The summed E-state index contributed by atoms with van der Waals surface area (Å²) in [6.45, 7) is 1.17. The Bertz CT molecular complexity index is 529. The van der Waals surface area contributed by atoms with Crippen LogP contribution in [0.25, 0.3) is 0 Å². The fourth-order valence-electron chi connectivity index (χ4n) is 1.26. The number of nitro benzene ring substituents is 1. The first-order valence-electron chi connectivity index (χ1n) is 5.16. The number of rotatable bonds is 3. The molecule has 1 aromatic rings. The highest BCUT2D eigenvalue weighted by atomic mass is 16.6. The third-order valence-electron chi connectivity index (χ3n) is 2.11. The Hall–Kier alpha value is -2.39. The van der Waals surface area contributed by atoms with E-state index < -0.39 is 11.5 Å². The molecule has 2 N–H and O–H groups in total. The molecule has 0 unspecified atom stereocenters. The topological polar surface area (TPSA) is 92.5 Å². The Kier molecular flexibility index (Phi) is 4.84. The van der Waals surface area contributed by atoms with Gasteiger partial charge in [-0.2, -0.15) is 0 Å². The Morgan fingerprint density at radius 3 is 2.83 bits per heavy atom. The standard InChI is InChI=1S/C12H12N2O4/c1-9(16)13-6-2-3-10-4-5-11(8-15)12(7-10)14(17)18/h4-5,7,15H,6,8H2,1H3,(H,13,16). The molecule has 0 radical (unpaired) electrons. The van der Waals surface area contributed by atoms with Crippen LogP contribution < -0.4 is 5.32 Å². The third kappa shape index (κ3) is 3.88. The van der Waals surface area contributed by atoms with Gasteiger partial charge in [0.1, 0.15) is 0 Å². The van der Waals surface area contributed by atoms with Gasteiger partial charge in [-0.05, 0) is 12.1 Å². The van der Waals surface area contributed by atoms with Gasteiger partial charge in [0.15, 0.2) is 0 Å². The van der Waals surface area contributed by atoms with Crippen LogP contribution in [-0.4, -0.2) is 22.5 Å². The Labute approximate surface area is 104 Å². The number of nitrogens with one attached hydrogen (secondary N) is 1. The molecule has 0 saturated carbocycles. The van der Waals surface area contributed by atoms with Crippen LogP contribution >= 0.6 is 0 Å². The molecular weight excluding hydrogens is 236 g/mol. The predicted octanol–water partition coefficient (Wildman–Crippen LogP) is 0.575. The quantitative estimate of drug-likeness (QED) is 0.464. The summed E-state index contributed by atoms with van der Waals surface area (Å²) in [5.74, 6) is 5.18. The zero-order valence-electron chi connectivity index (χ0n) is 9.77. The highest BCUT2D eigenvalue weighted by Crippen LogP contribution is 2.19. The maximum absolute atomic E-state index is 10.7. The number of aliphatic hydroxyl groups is 1. The molecule has 0 aliphatic carbocycles. The molecule has 94 valence electrons. The lowest BCUT2D eigenvalue weighted by atomic mass is 10.1. The Balaban J connectivity index is 2.88. The summed E-state index contributed by atoms with van der Waals surface area (Å²) >= 11 is 0. The van der Waals surface area contributed by atoms with Crippen LogP contribution in [0.3, 0.4) is 0 Å². The predicted molar refractivity (Wildman–Crippen MR) is 64.6 cm³/mol. The zero-order chi connectivity index (χ0) is 13.5. The molecule has 0 spiro atoms. The molecule has 0 aliphatic heterocycles. The van der Waals surface area contributed by atoms with E-state index in [1.165, 1.54) is 19.1 Å². The second-order valence-corrected chi connectivity index (χ2v) is 3.47. The van der Waals surface area contributed by atoms with Crippen molar-refractivity contribution in [1.82, 2.24) is 5.32 Å². The van der Waals surface area contributed by atoms with E-state index in [1.807, 2.05) is 0 Å². The van der Waals surface area contributed by atoms with E-state index in [-0.39, 0.29) is 23.7 Å². The molecule has 0 atom stereocenters. The lowest BCUT2D eigenvalue weighted by Crippen LogP contribution is -2.19. The highest BCUT2D eigenvalue weighted by Gasteiger charge is 2.12. The number of nitro groups is 1. The molecule has 6 heteroatoms. The van der Waals surface area contributed by atoms with Crippen LogP contribution in [0.5, 0.6) is 0 Å². The first-order valence-corrected chi connectivity index (χ1v) is 5.16. The van der Waals surface area contributed by atoms with Gasteiger partial charge in [0.05, 0.1) is 23.6 Å². The summed E-state index contributed by atoms with van der Waals surface area (Å²) in [5, 5.41) is 22.2. The number of amides is 1. The number of carbonyl (C=O) groups is 1. The number of nitrogens with zero attached hydrogens (tertiary/aromatic N) is 1. The van der Waals surface area contributed by atoms with Gasteiger partial charge in [0.2, 0.25) is 5.91 Å². The van der Waals surface area contributed by atoms with Gasteiger partial charge < -0.3 is 10.4 Å². The first kappa shape index (κ1) is 13.7. The number of aliphatic hydroxyl groups excluding tert-OH is 1. The van der Waals surface area contributed by atoms with Crippen molar-refractivity contribution in [3.63, 3.8) is 0 Å². The molecule has 0 fully saturated rings. The van der Waals surface area contributed by atoms with E-state index in [0.717, 1.165) is 0 Å². The second-order valence-electron chi connectivity index (χ2n) is 3.47. The molecule has 1 amide bonds. The molecule has 0 heterocycles. The monoisotopic (exact) mass is 248 g/mol. The fraction of sp³-hybridized carbons (Fsp3) is 0.250. The van der Waals surface area contributed by atoms with Crippen LogP contribution in [0.4, 0.5) is 5.69 Å². The zero-order valence-corrected chi connectivity index (χ0v) is 9.77. The summed E-state index contributed by atoms with van der Waals surface area (Å²) in [7, 11) is 0. The van der Waals surface area contributed by atoms with E-state index >= 15 is 0 Å². The molecule has 0 aromatic heterocycles. The number of hydrogen-bond donors (Lipinski definition) is 2. The van der Waals surface area contributed by atoms with Crippen molar-refractivity contribution in [2.24, 2.45) is 0 Å². The normalized spacial score (nSPS) is 9.22. The summed E-state index contributed by atoms with van der Waals surface area (Å²) in [5.41, 5.74) is 0.542. The molecule has 0 bridgehead atoms. The molecular formula is C12H12N2O4. The van der Waals surface area contributed by atoms with E-state index in [4.69, 9.17) is 5.11 Å². The fourth-order valence-corrected chi connectivity index (χ4v) is 1.26. The van der Waals surface area contributed by atoms with Crippen molar-refractivity contribution in [3.8, 4) is 11.8 Å². The first-order chi connectivity index (χ1) is 8.54. The lowest BCUT2D eigenvalue weighted by molar-refractivity contribution is -0.385. The maximum atomic E-state index is 10.7. The average Bonchev–Trinajstić information content (AvgIpc) is 2.34. The molecule has 6 nitrogen and oxygen atoms in total. The van der Waals surface area contributed by atoms with Crippen molar-refractivity contribution in [2.75, 3.05) is 6.54 Å². The molecule has 0 aliphatic rings. The minimum Gasteiger partial charge on any atom is -0.391 e. The van der Waals surface area contributed by atoms with Crippen molar-refractivity contribution < 1.29 is 14.8 Å². The van der Waals surface area contributed by atoms with E-state index in [9.17, 15) is 14.9 Å². The third-order valence-corrected chi connectivity index (χ3v) is 2.11. The largest absolute Gasteiger partial charge is 0.391 e. The van der Waals surface area contributed by atoms with Crippen molar-refractivity contribution in [2.45, 2.75) is 13.5 Å². The Morgan fingerprint density at radius 2 is 2.28 bits per heavy atom. The van der Waals surface area contributed by atoms with Gasteiger partial charge in [-0.1, -0.05) is 11.8 Å². The van der Waals surface area contributed by atoms with Gasteiger partial charge in [0.25, 0.3) is 5.69 Å². The number of hydrogen-bond acceptors (Lipinski definition) is 4. The minimum absolute atomic E-state index is 0.163. The molecule has 18 heavy (non-hydrogen) atoms. The van der Waals surface area contributed by atoms with E-state index in [1.54, 1.807) is 6.07 Å². The summed E-state index contributed by atoms with van der Waals surface area (Å²) in [6, 6.07) is 4.34. The van der Waals surface area contributed by atoms with Gasteiger partial charge in [-0.3, -0.25) is 14.9 Å². The summed E-state index contributed by atoms with van der Waals surface area (Å²) in [6.07, 6.45) is 0. The SMILES string of the molecule is CC(=O)NCC#Cc1ccc(CO)c([N+](=O)[O-])c1. The number of benzene rings is 1.